The molecule has 7 heteroatoms. The van der Waals surface area contributed by atoms with E-state index in [2.05, 4.69) is 5.32 Å². The van der Waals surface area contributed by atoms with Gasteiger partial charge in [0.05, 0.1) is 13.2 Å². The standard InChI is InChI=1S/C18H30N4O3/c1-5-15-20-18(16(23)22(15)8-9-25-4)7-6-13-10-21(11-14(13)18)17(24)19-12(2)3/h12-14H,5-11H2,1-4H3,(H,19,24)/t13-,14+,18-/m0/s1. The first-order valence-corrected chi connectivity index (χ1v) is 9.38. The summed E-state index contributed by atoms with van der Waals surface area (Å²) in [6.45, 7) is 8.37. The molecule has 0 bridgehead atoms. The Bertz CT molecular complexity index is 577. The minimum absolute atomic E-state index is 0.0269. The van der Waals surface area contributed by atoms with Crippen LogP contribution in [0.4, 0.5) is 4.79 Å². The van der Waals surface area contributed by atoms with Crippen molar-refractivity contribution in [2.24, 2.45) is 16.8 Å². The molecule has 1 aliphatic carbocycles. The lowest BCUT2D eigenvalue weighted by molar-refractivity contribution is -0.132. The van der Waals surface area contributed by atoms with Gasteiger partial charge in [-0.1, -0.05) is 6.92 Å². The van der Waals surface area contributed by atoms with Gasteiger partial charge in [-0.3, -0.25) is 14.7 Å². The highest BCUT2D eigenvalue weighted by Gasteiger charge is 2.61. The number of nitrogens with zero attached hydrogens (tertiary/aromatic N) is 3. The second-order valence-electron chi connectivity index (χ2n) is 7.67. The quantitative estimate of drug-likeness (QED) is 0.816. The normalized spacial score (nSPS) is 31.2. The highest BCUT2D eigenvalue weighted by atomic mass is 16.5. The Balaban J connectivity index is 1.78. The molecule has 2 heterocycles. The van der Waals surface area contributed by atoms with Crippen LogP contribution in [0, 0.1) is 11.8 Å². The SMILES string of the molecule is CCC1=N[C@]2(CC[C@H]3CN(C(=O)NC(C)C)C[C@H]32)C(=O)N1CCOC. The van der Waals surface area contributed by atoms with Crippen LogP contribution in [-0.4, -0.2) is 72.5 Å². The Morgan fingerprint density at radius 3 is 2.84 bits per heavy atom. The van der Waals surface area contributed by atoms with Gasteiger partial charge in [0.2, 0.25) is 0 Å². The number of urea groups is 1. The van der Waals surface area contributed by atoms with Crippen molar-refractivity contribution in [3.05, 3.63) is 0 Å². The number of hydrogen-bond donors (Lipinski definition) is 1. The van der Waals surface area contributed by atoms with Gasteiger partial charge in [-0.15, -0.1) is 0 Å². The first-order chi connectivity index (χ1) is 11.9. The van der Waals surface area contributed by atoms with Crippen LogP contribution < -0.4 is 5.32 Å². The molecule has 1 spiro atoms. The molecule has 0 aromatic carbocycles. The summed E-state index contributed by atoms with van der Waals surface area (Å²) >= 11 is 0. The summed E-state index contributed by atoms with van der Waals surface area (Å²) in [5.74, 6) is 1.48. The Hall–Kier alpha value is -1.63. The number of rotatable bonds is 5. The van der Waals surface area contributed by atoms with E-state index in [9.17, 15) is 9.59 Å². The van der Waals surface area contributed by atoms with Gasteiger partial charge in [-0.05, 0) is 32.6 Å². The number of likely N-dealkylation sites (tertiary alicyclic amines) is 1. The average molecular weight is 350 g/mol. The van der Waals surface area contributed by atoms with E-state index >= 15 is 0 Å². The van der Waals surface area contributed by atoms with Gasteiger partial charge in [0, 0.05) is 38.6 Å². The van der Waals surface area contributed by atoms with Crippen LogP contribution in [0.1, 0.15) is 40.0 Å². The molecule has 0 aromatic heterocycles. The third-order valence-electron chi connectivity index (χ3n) is 5.74. The summed E-state index contributed by atoms with van der Waals surface area (Å²) in [5.41, 5.74) is -0.656. The predicted molar refractivity (Wildman–Crippen MR) is 95.5 cm³/mol. The summed E-state index contributed by atoms with van der Waals surface area (Å²) in [5, 5.41) is 2.96. The Kier molecular flexibility index (Phi) is 5.04. The third-order valence-corrected chi connectivity index (χ3v) is 5.74. The number of fused-ring (bicyclic) bond motifs is 2. The first kappa shape index (κ1) is 18.2. The van der Waals surface area contributed by atoms with Gasteiger partial charge in [0.15, 0.2) is 0 Å². The van der Waals surface area contributed by atoms with Crippen LogP contribution in [0.25, 0.3) is 0 Å². The number of amides is 3. The van der Waals surface area contributed by atoms with Gasteiger partial charge in [-0.2, -0.15) is 0 Å². The first-order valence-electron chi connectivity index (χ1n) is 9.38. The molecule has 3 rings (SSSR count). The number of hydrogen-bond acceptors (Lipinski definition) is 4. The number of amidine groups is 1. The maximum Gasteiger partial charge on any atom is 0.317 e. The maximum atomic E-state index is 13.2. The lowest BCUT2D eigenvalue weighted by atomic mass is 9.85. The second-order valence-corrected chi connectivity index (χ2v) is 7.67. The fourth-order valence-electron chi connectivity index (χ4n) is 4.58. The zero-order chi connectivity index (χ0) is 18.2. The predicted octanol–water partition coefficient (Wildman–Crippen LogP) is 1.48. The van der Waals surface area contributed by atoms with Crippen LogP contribution >= 0.6 is 0 Å². The number of nitrogens with one attached hydrogen (secondary N) is 1. The number of aliphatic imine (C=N–C) groups is 1. The van der Waals surface area contributed by atoms with Gasteiger partial charge >= 0.3 is 6.03 Å². The highest BCUT2D eigenvalue weighted by Crippen LogP contribution is 2.50. The summed E-state index contributed by atoms with van der Waals surface area (Å²) < 4.78 is 5.16. The van der Waals surface area contributed by atoms with E-state index in [1.54, 1.807) is 7.11 Å². The lowest BCUT2D eigenvalue weighted by Crippen LogP contribution is -2.48. The fraction of sp³-hybridized carbons (Fsp3) is 0.833. The molecule has 0 radical (unpaired) electrons. The molecule has 3 atom stereocenters. The topological polar surface area (TPSA) is 74.2 Å². The van der Waals surface area contributed by atoms with Gasteiger partial charge in [0.25, 0.3) is 5.91 Å². The van der Waals surface area contributed by atoms with Crippen molar-refractivity contribution in [1.29, 1.82) is 0 Å². The summed E-state index contributed by atoms with van der Waals surface area (Å²) in [4.78, 5) is 34.2. The number of carbonyl (C=O) groups is 2. The van der Waals surface area contributed by atoms with Crippen molar-refractivity contribution < 1.29 is 14.3 Å². The molecule has 1 saturated heterocycles. The molecule has 2 aliphatic heterocycles. The molecule has 0 aromatic rings. The number of methoxy groups -OCH3 is 1. The molecule has 3 amide bonds. The minimum atomic E-state index is -0.656. The summed E-state index contributed by atoms with van der Waals surface area (Å²) in [6.07, 6.45) is 2.50. The van der Waals surface area contributed by atoms with E-state index in [0.717, 1.165) is 31.6 Å². The van der Waals surface area contributed by atoms with Crippen LogP contribution in [-0.2, 0) is 9.53 Å². The van der Waals surface area contributed by atoms with Crippen molar-refractivity contribution in [2.75, 3.05) is 33.4 Å². The van der Waals surface area contributed by atoms with Crippen molar-refractivity contribution in [3.63, 3.8) is 0 Å². The fourth-order valence-corrected chi connectivity index (χ4v) is 4.58. The van der Waals surface area contributed by atoms with E-state index in [1.807, 2.05) is 30.6 Å². The van der Waals surface area contributed by atoms with Crippen LogP contribution in [0.15, 0.2) is 4.99 Å². The summed E-state index contributed by atoms with van der Waals surface area (Å²) in [6, 6.07) is 0.0881. The molecule has 7 nitrogen and oxygen atoms in total. The zero-order valence-electron chi connectivity index (χ0n) is 15.7. The zero-order valence-corrected chi connectivity index (χ0v) is 15.7. The smallest absolute Gasteiger partial charge is 0.317 e. The minimum Gasteiger partial charge on any atom is -0.383 e. The molecular weight excluding hydrogens is 320 g/mol. The molecule has 3 aliphatic rings. The van der Waals surface area contributed by atoms with Gasteiger partial charge < -0.3 is 15.0 Å². The van der Waals surface area contributed by atoms with Crippen molar-refractivity contribution in [2.45, 2.75) is 51.6 Å². The highest BCUT2D eigenvalue weighted by molar-refractivity contribution is 6.08. The lowest BCUT2D eigenvalue weighted by Gasteiger charge is -2.28. The Morgan fingerprint density at radius 2 is 2.20 bits per heavy atom. The van der Waals surface area contributed by atoms with Crippen molar-refractivity contribution in [1.82, 2.24) is 15.1 Å². The number of carbonyl (C=O) groups excluding carboxylic acids is 2. The molecule has 1 N–H and O–H groups in total. The van der Waals surface area contributed by atoms with Crippen LogP contribution in [0.3, 0.4) is 0 Å². The van der Waals surface area contributed by atoms with E-state index < -0.39 is 5.54 Å². The molecule has 1 saturated carbocycles. The molecule has 140 valence electrons. The summed E-state index contributed by atoms with van der Waals surface area (Å²) in [7, 11) is 1.65. The molecular formula is C18H30N4O3. The third kappa shape index (κ3) is 3.03. The molecule has 0 unspecified atom stereocenters. The maximum absolute atomic E-state index is 13.2. The second kappa shape index (κ2) is 6.94. The molecule has 2 fully saturated rings. The average Bonchev–Trinajstić information content (AvgIpc) is 3.20. The van der Waals surface area contributed by atoms with Gasteiger partial charge in [0.1, 0.15) is 11.4 Å². The van der Waals surface area contributed by atoms with E-state index in [1.165, 1.54) is 0 Å². The van der Waals surface area contributed by atoms with Gasteiger partial charge in [-0.25, -0.2) is 4.79 Å². The number of ether oxygens (including phenoxy) is 1. The Morgan fingerprint density at radius 1 is 1.44 bits per heavy atom. The van der Waals surface area contributed by atoms with Crippen molar-refractivity contribution in [3.8, 4) is 0 Å². The van der Waals surface area contributed by atoms with E-state index in [4.69, 9.17) is 9.73 Å². The van der Waals surface area contributed by atoms with E-state index in [-0.39, 0.29) is 23.9 Å². The Labute approximate surface area is 149 Å². The monoisotopic (exact) mass is 350 g/mol. The van der Waals surface area contributed by atoms with Crippen LogP contribution in [0.5, 0.6) is 0 Å². The van der Waals surface area contributed by atoms with Crippen molar-refractivity contribution >= 4 is 17.8 Å². The van der Waals surface area contributed by atoms with E-state index in [0.29, 0.717) is 25.6 Å². The van der Waals surface area contributed by atoms with Crippen LogP contribution in [0.2, 0.25) is 0 Å². The largest absolute Gasteiger partial charge is 0.383 e. The molecule has 25 heavy (non-hydrogen) atoms.